The Labute approximate surface area is 270 Å². The molecule has 5 aliphatic heterocycles. The van der Waals surface area contributed by atoms with Crippen LogP contribution in [0.1, 0.15) is 103 Å². The van der Waals surface area contributed by atoms with Crippen molar-refractivity contribution in [3.63, 3.8) is 0 Å². The molecule has 5 saturated heterocycles. The molecule has 42 heavy (non-hydrogen) atoms. The Morgan fingerprint density at radius 1 is 0.238 bits per heavy atom. The summed E-state index contributed by atoms with van der Waals surface area (Å²) in [5.74, 6) is 5.97. The molecule has 243 valence electrons. The topological polar surface area (TPSA) is 96.2 Å². The molecule has 8 unspecified atom stereocenters. The van der Waals surface area contributed by atoms with Crippen molar-refractivity contribution >= 4 is 12.4 Å². The summed E-state index contributed by atoms with van der Waals surface area (Å²) in [4.78, 5) is 0. The van der Waals surface area contributed by atoms with Gasteiger partial charge in [0.05, 0.1) is 49.3 Å². The van der Waals surface area contributed by atoms with Gasteiger partial charge in [-0.05, 0) is 98.7 Å². The maximum Gasteiger partial charge on any atom is 0.0628 e. The van der Waals surface area contributed by atoms with Crippen LogP contribution in [0.25, 0.3) is 0 Å². The van der Waals surface area contributed by atoms with E-state index in [2.05, 4.69) is 42.5 Å². The van der Waals surface area contributed by atoms with E-state index in [0.29, 0.717) is 49.3 Å². The molecule has 0 spiro atoms. The maximum absolute atomic E-state index is 4.26. The van der Waals surface area contributed by atoms with Gasteiger partial charge in [-0.2, -0.15) is 0 Å². The minimum Gasteiger partial charge on any atom is -0.286 e. The van der Waals surface area contributed by atoms with Crippen LogP contribution < -0.4 is 42.5 Å². The summed E-state index contributed by atoms with van der Waals surface area (Å²) < 4.78 is 0. The third kappa shape index (κ3) is 5.36. The monoisotopic (exact) mass is 651 g/mol. The van der Waals surface area contributed by atoms with Crippen molar-refractivity contribution in [1.82, 2.24) is 42.5 Å². The zero-order valence-electron chi connectivity index (χ0n) is 25.3. The second kappa shape index (κ2) is 12.9. The Bertz CT molecular complexity index is 723. The summed E-state index contributed by atoms with van der Waals surface area (Å²) in [6, 6.07) is 0. The van der Waals surface area contributed by atoms with Crippen molar-refractivity contribution in [3.05, 3.63) is 0 Å². The van der Waals surface area contributed by atoms with Gasteiger partial charge in [-0.3, -0.25) is 42.5 Å². The van der Waals surface area contributed by atoms with Crippen LogP contribution in [0.5, 0.6) is 0 Å². The fraction of sp³-hybridized carbons (Fsp3) is 1.00. The molecule has 0 aromatic heterocycles. The molecule has 8 N–H and O–H groups in total. The van der Waals surface area contributed by atoms with Gasteiger partial charge in [0, 0.05) is 17.1 Å². The Kier molecular flexibility index (Phi) is 9.59. The van der Waals surface area contributed by atoms with Crippen molar-refractivity contribution in [2.45, 2.75) is 152 Å². The van der Waals surface area contributed by atoms with E-state index in [4.69, 9.17) is 0 Å². The smallest absolute Gasteiger partial charge is 0.0628 e. The average molecular weight is 653 g/mol. The minimum absolute atomic E-state index is 0. The first-order valence-corrected chi connectivity index (χ1v) is 17.9. The van der Waals surface area contributed by atoms with Crippen LogP contribution in [0.4, 0.5) is 0 Å². The van der Waals surface area contributed by atoms with Crippen molar-refractivity contribution in [1.29, 1.82) is 0 Å². The quantitative estimate of drug-likeness (QED) is 0.190. The van der Waals surface area contributed by atoms with Crippen LogP contribution in [0.15, 0.2) is 0 Å². The molecule has 5 heterocycles. The van der Waals surface area contributed by atoms with Crippen LogP contribution in [0.3, 0.4) is 0 Å². The Morgan fingerprint density at radius 2 is 0.357 bits per heavy atom. The zero-order chi connectivity index (χ0) is 26.2. The van der Waals surface area contributed by atoms with Crippen molar-refractivity contribution in [2.75, 3.05) is 0 Å². The molecule has 0 aromatic rings. The molecule has 10 heteroatoms. The Balaban J connectivity index is 0.00000144. The van der Waals surface area contributed by atoms with Gasteiger partial charge >= 0.3 is 0 Å². The Morgan fingerprint density at radius 3 is 0.476 bits per heavy atom. The maximum atomic E-state index is 4.26. The molecule has 1 radical (unpaired) electrons. The summed E-state index contributed by atoms with van der Waals surface area (Å²) in [5, 5.41) is 33.8. The van der Waals surface area contributed by atoms with Crippen molar-refractivity contribution in [3.8, 4) is 0 Å². The van der Waals surface area contributed by atoms with E-state index in [0.717, 1.165) is 47.3 Å². The summed E-state index contributed by atoms with van der Waals surface area (Å²) in [5.41, 5.74) is 0. The van der Waals surface area contributed by atoms with E-state index in [-0.39, 0.29) is 29.5 Å². The molecule has 9 rings (SSSR count). The van der Waals surface area contributed by atoms with Crippen molar-refractivity contribution < 1.29 is 17.1 Å². The molecule has 0 aromatic carbocycles. The van der Waals surface area contributed by atoms with Gasteiger partial charge < -0.3 is 0 Å². The van der Waals surface area contributed by atoms with Gasteiger partial charge in [-0.25, -0.2) is 0 Å². The van der Waals surface area contributed by atoms with E-state index in [1.54, 1.807) is 0 Å². The molecule has 0 amide bonds. The average Bonchev–Trinajstić information content (AvgIpc) is 3.73. The van der Waals surface area contributed by atoms with E-state index < -0.39 is 0 Å². The summed E-state index contributed by atoms with van der Waals surface area (Å²) >= 11 is 0. The summed E-state index contributed by atoms with van der Waals surface area (Å²) in [6.45, 7) is 0. The first-order valence-electron chi connectivity index (χ1n) is 17.9. The van der Waals surface area contributed by atoms with E-state index in [1.807, 2.05) is 0 Å². The van der Waals surface area contributed by atoms with Crippen LogP contribution in [0.2, 0.25) is 0 Å². The molecule has 9 fully saturated rings. The SMILES string of the molecule is C1CCC2C3NC(NC4NC(NC5NC(NC6NC(N3)C3CCCCC63)C3CCCCC53)C3CCCCC43)C2C1.Cl.[Cu]. The number of halogens is 1. The number of rotatable bonds is 0. The molecule has 4 saturated carbocycles. The summed E-state index contributed by atoms with van der Waals surface area (Å²) in [6.07, 6.45) is 25.6. The third-order valence-electron chi connectivity index (χ3n) is 13.8. The van der Waals surface area contributed by atoms with Crippen LogP contribution >= 0.6 is 12.4 Å². The first-order chi connectivity index (χ1) is 19.8. The second-order valence-electron chi connectivity index (χ2n) is 15.6. The third-order valence-corrected chi connectivity index (χ3v) is 13.8. The van der Waals surface area contributed by atoms with E-state index in [1.165, 1.54) is 103 Å². The predicted octanol–water partition coefficient (Wildman–Crippen LogP) is 3.02. The molecular formula is C32H57ClCuN8. The first kappa shape index (κ1) is 31.1. The largest absolute Gasteiger partial charge is 0.286 e. The minimum atomic E-state index is 0. The molecule has 8 nitrogen and oxygen atoms in total. The van der Waals surface area contributed by atoms with Gasteiger partial charge in [0.2, 0.25) is 0 Å². The van der Waals surface area contributed by atoms with Crippen LogP contribution in [-0.2, 0) is 17.1 Å². The van der Waals surface area contributed by atoms with Gasteiger partial charge in [0.15, 0.2) is 0 Å². The molecule has 4 aliphatic carbocycles. The van der Waals surface area contributed by atoms with E-state index >= 15 is 0 Å². The predicted molar refractivity (Wildman–Crippen MR) is 164 cm³/mol. The number of hydrogen-bond acceptors (Lipinski definition) is 8. The van der Waals surface area contributed by atoms with E-state index in [9.17, 15) is 0 Å². The molecule has 8 bridgehead atoms. The van der Waals surface area contributed by atoms with Crippen molar-refractivity contribution in [2.24, 2.45) is 47.3 Å². The number of fused-ring (bicyclic) bond motifs is 20. The number of nitrogens with one attached hydrogen (secondary N) is 8. The van der Waals surface area contributed by atoms with Crippen LogP contribution in [0, 0.1) is 47.3 Å². The standard InChI is InChI=1S/C32H56N8.ClH.Cu/c1-2-10-18-17(9-1)25-33-26(18)38-28-21-13-5-6-14-22(21)30(35-28)40-32-24-16-8-7-15-23(24)31(36-32)39-29-20-12-4-3-11-19(20)27(34-29)37-25;;/h17-40H,1-16H2;1H;. The molecular weight excluding hydrogens is 595 g/mol. The number of hydrogen-bond donors (Lipinski definition) is 8. The van der Waals surface area contributed by atoms with Gasteiger partial charge in [-0.1, -0.05) is 51.4 Å². The fourth-order valence-electron chi connectivity index (χ4n) is 12.0. The Hall–Kier alpha value is 0.489. The molecule has 8 atom stereocenters. The van der Waals surface area contributed by atoms with Crippen LogP contribution in [-0.4, -0.2) is 49.3 Å². The van der Waals surface area contributed by atoms with Gasteiger partial charge in [-0.15, -0.1) is 12.4 Å². The second-order valence-corrected chi connectivity index (χ2v) is 15.6. The fourth-order valence-corrected chi connectivity index (χ4v) is 12.0. The zero-order valence-corrected chi connectivity index (χ0v) is 27.0. The normalized spacial score (nSPS) is 54.9. The van der Waals surface area contributed by atoms with Gasteiger partial charge in [0.1, 0.15) is 0 Å². The summed E-state index contributed by atoms with van der Waals surface area (Å²) in [7, 11) is 0. The van der Waals surface area contributed by atoms with Gasteiger partial charge in [0.25, 0.3) is 0 Å². The molecule has 9 aliphatic rings.